The zero-order valence-electron chi connectivity index (χ0n) is 11.7. The minimum Gasteiger partial charge on any atom is -0.313 e. The maximum Gasteiger partial charge on any atom is 0.0107 e. The second-order valence-electron chi connectivity index (χ2n) is 5.59. The van der Waals surface area contributed by atoms with E-state index in [1.54, 1.807) is 0 Å². The molecule has 2 nitrogen and oxygen atoms in total. The van der Waals surface area contributed by atoms with Gasteiger partial charge in [0.2, 0.25) is 0 Å². The second kappa shape index (κ2) is 6.91. The van der Waals surface area contributed by atoms with Gasteiger partial charge in [0, 0.05) is 19.1 Å². The van der Waals surface area contributed by atoms with E-state index in [1.807, 2.05) is 0 Å². The monoisotopic (exact) mass is 246 g/mol. The maximum atomic E-state index is 3.55. The van der Waals surface area contributed by atoms with Crippen LogP contribution in [0.25, 0.3) is 0 Å². The van der Waals surface area contributed by atoms with E-state index in [2.05, 4.69) is 54.4 Å². The molecular weight excluding hydrogens is 220 g/mol. The molecule has 0 aromatic heterocycles. The van der Waals surface area contributed by atoms with Crippen LogP contribution in [0, 0.1) is 0 Å². The van der Waals surface area contributed by atoms with Crippen molar-refractivity contribution in [3.05, 3.63) is 35.9 Å². The van der Waals surface area contributed by atoms with Gasteiger partial charge in [-0.1, -0.05) is 37.3 Å². The number of rotatable bonds is 4. The number of benzene rings is 1. The minimum absolute atomic E-state index is 0.667. The van der Waals surface area contributed by atoms with Crippen molar-refractivity contribution >= 4 is 0 Å². The molecule has 1 saturated heterocycles. The van der Waals surface area contributed by atoms with Crippen LogP contribution in [0.5, 0.6) is 0 Å². The van der Waals surface area contributed by atoms with Crippen molar-refractivity contribution in [2.75, 3.05) is 26.2 Å². The maximum absolute atomic E-state index is 3.55. The van der Waals surface area contributed by atoms with Gasteiger partial charge in [0.1, 0.15) is 0 Å². The Morgan fingerprint density at radius 2 is 2.06 bits per heavy atom. The van der Waals surface area contributed by atoms with E-state index in [9.17, 15) is 0 Å². The summed E-state index contributed by atoms with van der Waals surface area (Å²) in [6.07, 6.45) is 2.54. The highest BCUT2D eigenvalue weighted by atomic mass is 15.2. The van der Waals surface area contributed by atoms with Crippen LogP contribution in [0.2, 0.25) is 0 Å². The first kappa shape index (κ1) is 13.6. The first-order valence-electron chi connectivity index (χ1n) is 7.26. The lowest BCUT2D eigenvalue weighted by Gasteiger charge is -2.21. The van der Waals surface area contributed by atoms with Crippen LogP contribution in [0.1, 0.15) is 38.2 Å². The second-order valence-corrected chi connectivity index (χ2v) is 5.59. The molecule has 2 unspecified atom stereocenters. The van der Waals surface area contributed by atoms with Gasteiger partial charge in [-0.15, -0.1) is 0 Å². The number of hydrogen-bond acceptors (Lipinski definition) is 2. The van der Waals surface area contributed by atoms with Crippen molar-refractivity contribution in [1.29, 1.82) is 0 Å². The summed E-state index contributed by atoms with van der Waals surface area (Å²) < 4.78 is 0. The average Bonchev–Trinajstić information content (AvgIpc) is 2.62. The molecule has 1 N–H and O–H groups in total. The summed E-state index contributed by atoms with van der Waals surface area (Å²) >= 11 is 0. The molecule has 0 spiro atoms. The van der Waals surface area contributed by atoms with E-state index in [-0.39, 0.29) is 0 Å². The molecule has 1 aromatic carbocycles. The molecule has 1 aliphatic heterocycles. The van der Waals surface area contributed by atoms with Crippen LogP contribution in [-0.4, -0.2) is 37.1 Å². The molecular formula is C16H26N2. The topological polar surface area (TPSA) is 15.3 Å². The van der Waals surface area contributed by atoms with Gasteiger partial charge in [0.15, 0.2) is 0 Å². The van der Waals surface area contributed by atoms with Gasteiger partial charge in [-0.25, -0.2) is 0 Å². The highest BCUT2D eigenvalue weighted by Crippen LogP contribution is 2.19. The summed E-state index contributed by atoms with van der Waals surface area (Å²) in [4.78, 5) is 2.61. The smallest absolute Gasteiger partial charge is 0.0107 e. The van der Waals surface area contributed by atoms with Crippen LogP contribution >= 0.6 is 0 Å². The molecule has 0 bridgehead atoms. The van der Waals surface area contributed by atoms with Gasteiger partial charge < -0.3 is 10.2 Å². The van der Waals surface area contributed by atoms with Gasteiger partial charge in [0.25, 0.3) is 0 Å². The normalized spacial score (nSPS) is 23.6. The lowest BCUT2D eigenvalue weighted by atomic mass is 9.98. The van der Waals surface area contributed by atoms with Gasteiger partial charge >= 0.3 is 0 Å². The predicted octanol–water partition coefficient (Wildman–Crippen LogP) is 2.86. The third-order valence-corrected chi connectivity index (χ3v) is 4.05. The van der Waals surface area contributed by atoms with E-state index in [0.717, 1.165) is 6.54 Å². The molecule has 0 radical (unpaired) electrons. The highest BCUT2D eigenvalue weighted by Gasteiger charge is 2.14. The first-order chi connectivity index (χ1) is 8.75. The zero-order chi connectivity index (χ0) is 12.8. The molecule has 1 heterocycles. The molecule has 2 atom stereocenters. The molecule has 0 amide bonds. The van der Waals surface area contributed by atoms with Gasteiger partial charge in [0.05, 0.1) is 0 Å². The lowest BCUT2D eigenvalue weighted by Crippen LogP contribution is -2.30. The highest BCUT2D eigenvalue weighted by molar-refractivity contribution is 5.18. The fourth-order valence-corrected chi connectivity index (χ4v) is 2.61. The van der Waals surface area contributed by atoms with Crippen molar-refractivity contribution in [2.45, 2.75) is 38.6 Å². The summed E-state index contributed by atoms with van der Waals surface area (Å²) in [7, 11) is 0. The van der Waals surface area contributed by atoms with Crippen molar-refractivity contribution < 1.29 is 0 Å². The SMILES string of the molecule is CC1CCN(CCC(C)c2ccccc2)CCN1. The van der Waals surface area contributed by atoms with E-state index in [1.165, 1.54) is 38.0 Å². The Labute approximate surface area is 111 Å². The largest absolute Gasteiger partial charge is 0.313 e. The Balaban J connectivity index is 1.77. The Bertz CT molecular complexity index is 336. The van der Waals surface area contributed by atoms with Crippen LogP contribution in [-0.2, 0) is 0 Å². The van der Waals surface area contributed by atoms with Crippen LogP contribution < -0.4 is 5.32 Å². The molecule has 0 saturated carbocycles. The third kappa shape index (κ3) is 4.11. The van der Waals surface area contributed by atoms with Crippen molar-refractivity contribution in [1.82, 2.24) is 10.2 Å². The van der Waals surface area contributed by atoms with E-state index in [0.29, 0.717) is 12.0 Å². The summed E-state index contributed by atoms with van der Waals surface area (Å²) in [5.41, 5.74) is 1.47. The fourth-order valence-electron chi connectivity index (χ4n) is 2.61. The standard InChI is InChI=1S/C16H26N2/c1-14(16-6-4-3-5-7-16)8-11-18-12-9-15(2)17-10-13-18/h3-7,14-15,17H,8-13H2,1-2H3. The number of nitrogens with one attached hydrogen (secondary N) is 1. The quantitative estimate of drug-likeness (QED) is 0.879. The summed E-state index contributed by atoms with van der Waals surface area (Å²) in [5, 5.41) is 3.55. The molecule has 1 aliphatic rings. The van der Waals surface area contributed by atoms with E-state index >= 15 is 0 Å². The van der Waals surface area contributed by atoms with Crippen molar-refractivity contribution in [3.8, 4) is 0 Å². The Morgan fingerprint density at radius 1 is 1.28 bits per heavy atom. The summed E-state index contributed by atoms with van der Waals surface area (Å²) in [6.45, 7) is 9.44. The van der Waals surface area contributed by atoms with E-state index < -0.39 is 0 Å². The van der Waals surface area contributed by atoms with Gasteiger partial charge in [-0.3, -0.25) is 0 Å². The minimum atomic E-state index is 0.667. The van der Waals surface area contributed by atoms with Crippen LogP contribution in [0.4, 0.5) is 0 Å². The summed E-state index contributed by atoms with van der Waals surface area (Å²) in [5.74, 6) is 0.667. The lowest BCUT2D eigenvalue weighted by molar-refractivity contribution is 0.280. The van der Waals surface area contributed by atoms with Gasteiger partial charge in [-0.2, -0.15) is 0 Å². The van der Waals surface area contributed by atoms with Crippen LogP contribution in [0.3, 0.4) is 0 Å². The van der Waals surface area contributed by atoms with Crippen molar-refractivity contribution in [3.63, 3.8) is 0 Å². The number of hydrogen-bond donors (Lipinski definition) is 1. The third-order valence-electron chi connectivity index (χ3n) is 4.05. The molecule has 1 aromatic rings. The Morgan fingerprint density at radius 3 is 2.83 bits per heavy atom. The van der Waals surface area contributed by atoms with Crippen molar-refractivity contribution in [2.24, 2.45) is 0 Å². The molecule has 2 heteroatoms. The Hall–Kier alpha value is -0.860. The van der Waals surface area contributed by atoms with Crippen LogP contribution in [0.15, 0.2) is 30.3 Å². The average molecular weight is 246 g/mol. The Kier molecular flexibility index (Phi) is 5.21. The molecule has 2 rings (SSSR count). The van der Waals surface area contributed by atoms with E-state index in [4.69, 9.17) is 0 Å². The molecule has 18 heavy (non-hydrogen) atoms. The fraction of sp³-hybridized carbons (Fsp3) is 0.625. The number of nitrogens with zero attached hydrogens (tertiary/aromatic N) is 1. The summed E-state index contributed by atoms with van der Waals surface area (Å²) in [6, 6.07) is 11.6. The predicted molar refractivity (Wildman–Crippen MR) is 78.0 cm³/mol. The van der Waals surface area contributed by atoms with Gasteiger partial charge in [-0.05, 0) is 44.3 Å². The molecule has 1 fully saturated rings. The molecule has 0 aliphatic carbocycles. The first-order valence-corrected chi connectivity index (χ1v) is 7.26. The molecule has 100 valence electrons. The zero-order valence-corrected chi connectivity index (χ0v) is 11.7.